The fourth-order valence-corrected chi connectivity index (χ4v) is 3.63. The van der Waals surface area contributed by atoms with Crippen LogP contribution < -0.4 is 10.6 Å². The van der Waals surface area contributed by atoms with Crippen molar-refractivity contribution >= 4 is 39.3 Å². The molecular weight excluding hydrogens is 324 g/mol. The van der Waals surface area contributed by atoms with Crippen LogP contribution in [-0.2, 0) is 4.79 Å². The summed E-state index contributed by atoms with van der Waals surface area (Å²) in [4.78, 5) is 11.9. The van der Waals surface area contributed by atoms with Gasteiger partial charge >= 0.3 is 0 Å². The van der Waals surface area contributed by atoms with Crippen LogP contribution in [0.25, 0.3) is 0 Å². The molecule has 3 nitrogen and oxygen atoms in total. The van der Waals surface area contributed by atoms with Gasteiger partial charge in [-0.15, -0.1) is 0 Å². The zero-order chi connectivity index (χ0) is 13.7. The molecule has 1 aliphatic rings. The number of nitrogens with one attached hydrogen (secondary N) is 2. The topological polar surface area (TPSA) is 41.1 Å². The van der Waals surface area contributed by atoms with Crippen LogP contribution in [0.3, 0.4) is 0 Å². The lowest BCUT2D eigenvalue weighted by Gasteiger charge is -2.18. The quantitative estimate of drug-likeness (QED) is 0.862. The first kappa shape index (κ1) is 14.9. The van der Waals surface area contributed by atoms with E-state index in [-0.39, 0.29) is 5.91 Å². The summed E-state index contributed by atoms with van der Waals surface area (Å²) >= 11 is 5.27. The number of amides is 1. The highest BCUT2D eigenvalue weighted by molar-refractivity contribution is 9.10. The molecule has 0 radical (unpaired) electrons. The lowest BCUT2D eigenvalue weighted by atomic mass is 10.2. The molecule has 1 aromatic rings. The lowest BCUT2D eigenvalue weighted by Crippen LogP contribution is -2.39. The minimum atomic E-state index is 0.0223. The molecule has 2 unspecified atom stereocenters. The minimum Gasteiger partial charge on any atom is -0.325 e. The third-order valence-corrected chi connectivity index (χ3v) is 5.11. The Morgan fingerprint density at radius 3 is 2.79 bits per heavy atom. The summed E-state index contributed by atoms with van der Waals surface area (Å²) in [6, 6.07) is 8.10. The molecule has 0 heterocycles. The van der Waals surface area contributed by atoms with E-state index < -0.39 is 0 Å². The molecule has 2 atom stereocenters. The van der Waals surface area contributed by atoms with E-state index in [0.29, 0.717) is 17.8 Å². The third kappa shape index (κ3) is 4.51. The van der Waals surface area contributed by atoms with Gasteiger partial charge < -0.3 is 10.6 Å². The second-order valence-corrected chi connectivity index (χ2v) is 6.74. The fraction of sp³-hybridized carbons (Fsp3) is 0.500. The molecule has 0 bridgehead atoms. The zero-order valence-corrected chi connectivity index (χ0v) is 13.4. The smallest absolute Gasteiger partial charge is 0.238 e. The average Bonchev–Trinajstić information content (AvgIpc) is 2.86. The van der Waals surface area contributed by atoms with E-state index in [4.69, 9.17) is 0 Å². The number of carbonyl (C=O) groups excluding carboxylic acids is 1. The first-order valence-electron chi connectivity index (χ1n) is 6.50. The van der Waals surface area contributed by atoms with Crippen molar-refractivity contribution in [3.63, 3.8) is 0 Å². The lowest BCUT2D eigenvalue weighted by molar-refractivity contribution is -0.115. The highest BCUT2D eigenvalue weighted by atomic mass is 79.9. The van der Waals surface area contributed by atoms with Crippen molar-refractivity contribution in [1.29, 1.82) is 0 Å². The van der Waals surface area contributed by atoms with Crippen LogP contribution >= 0.6 is 27.7 Å². The van der Waals surface area contributed by atoms with Gasteiger partial charge in [0.05, 0.1) is 6.54 Å². The summed E-state index contributed by atoms with van der Waals surface area (Å²) in [6.07, 6.45) is 5.84. The van der Waals surface area contributed by atoms with E-state index in [2.05, 4.69) is 32.8 Å². The van der Waals surface area contributed by atoms with Crippen LogP contribution in [0, 0.1) is 0 Å². The Balaban J connectivity index is 1.77. The molecule has 0 spiro atoms. The number of carbonyl (C=O) groups is 1. The Labute approximate surface area is 127 Å². The van der Waals surface area contributed by atoms with Crippen LogP contribution in [0.1, 0.15) is 19.3 Å². The van der Waals surface area contributed by atoms with Crippen molar-refractivity contribution in [1.82, 2.24) is 5.32 Å². The second-order valence-electron chi connectivity index (χ2n) is 4.75. The van der Waals surface area contributed by atoms with E-state index >= 15 is 0 Å². The van der Waals surface area contributed by atoms with Gasteiger partial charge in [0.1, 0.15) is 0 Å². The number of anilines is 1. The molecule has 5 heteroatoms. The van der Waals surface area contributed by atoms with Gasteiger partial charge in [-0.05, 0) is 43.4 Å². The third-order valence-electron chi connectivity index (χ3n) is 3.41. The molecule has 104 valence electrons. The number of thioether (sulfide) groups is 1. The van der Waals surface area contributed by atoms with Crippen LogP contribution in [-0.4, -0.2) is 30.0 Å². The van der Waals surface area contributed by atoms with Crippen LogP contribution in [0.2, 0.25) is 0 Å². The van der Waals surface area contributed by atoms with Crippen LogP contribution in [0.5, 0.6) is 0 Å². The minimum absolute atomic E-state index is 0.0223. The second kappa shape index (κ2) is 7.31. The van der Waals surface area contributed by atoms with Crippen molar-refractivity contribution in [2.24, 2.45) is 0 Å². The Hall–Kier alpha value is -0.520. The maximum Gasteiger partial charge on any atom is 0.238 e. The number of benzene rings is 1. The number of rotatable bonds is 5. The largest absolute Gasteiger partial charge is 0.325 e. The van der Waals surface area contributed by atoms with E-state index in [1.54, 1.807) is 0 Å². The molecule has 0 aliphatic heterocycles. The number of hydrogen-bond acceptors (Lipinski definition) is 3. The molecule has 1 saturated carbocycles. The van der Waals surface area contributed by atoms with Crippen molar-refractivity contribution in [3.8, 4) is 0 Å². The maximum absolute atomic E-state index is 11.9. The van der Waals surface area contributed by atoms with Gasteiger partial charge in [-0.2, -0.15) is 11.8 Å². The Bertz CT molecular complexity index is 424. The molecule has 0 saturated heterocycles. The summed E-state index contributed by atoms with van der Waals surface area (Å²) in [5.74, 6) is 0.0223. The van der Waals surface area contributed by atoms with E-state index in [0.717, 1.165) is 10.2 Å². The summed E-state index contributed by atoms with van der Waals surface area (Å²) < 4.78 is 1.01. The van der Waals surface area contributed by atoms with Crippen molar-refractivity contribution in [2.75, 3.05) is 18.1 Å². The van der Waals surface area contributed by atoms with Gasteiger partial charge in [0.15, 0.2) is 0 Å². The molecule has 19 heavy (non-hydrogen) atoms. The van der Waals surface area contributed by atoms with Gasteiger partial charge in [0, 0.05) is 21.5 Å². The fourth-order valence-electron chi connectivity index (χ4n) is 2.40. The monoisotopic (exact) mass is 342 g/mol. The molecule has 1 aromatic carbocycles. The van der Waals surface area contributed by atoms with Gasteiger partial charge in [-0.3, -0.25) is 4.79 Å². The SMILES string of the molecule is CSC1CCCC1NCC(=O)Nc1ccc(Br)cc1. The normalized spacial score (nSPS) is 22.4. The highest BCUT2D eigenvalue weighted by Gasteiger charge is 2.26. The Kier molecular flexibility index (Phi) is 5.73. The summed E-state index contributed by atoms with van der Waals surface area (Å²) in [5.41, 5.74) is 0.836. The number of halogens is 1. The Morgan fingerprint density at radius 1 is 1.37 bits per heavy atom. The zero-order valence-electron chi connectivity index (χ0n) is 11.0. The van der Waals surface area contributed by atoms with Crippen molar-refractivity contribution in [2.45, 2.75) is 30.6 Å². The van der Waals surface area contributed by atoms with E-state index in [1.165, 1.54) is 19.3 Å². The number of hydrogen-bond donors (Lipinski definition) is 2. The summed E-state index contributed by atoms with van der Waals surface area (Å²) in [7, 11) is 0. The predicted octanol–water partition coefficient (Wildman–Crippen LogP) is 3.26. The van der Waals surface area contributed by atoms with Gasteiger partial charge in [0.2, 0.25) is 5.91 Å². The van der Waals surface area contributed by atoms with E-state index in [1.807, 2.05) is 36.0 Å². The predicted molar refractivity (Wildman–Crippen MR) is 85.7 cm³/mol. The highest BCUT2D eigenvalue weighted by Crippen LogP contribution is 2.28. The summed E-state index contributed by atoms with van der Waals surface area (Å²) in [6.45, 7) is 0.387. The van der Waals surface area contributed by atoms with Crippen LogP contribution in [0.4, 0.5) is 5.69 Å². The van der Waals surface area contributed by atoms with E-state index in [9.17, 15) is 4.79 Å². The standard InChI is InChI=1S/C14H19BrN2OS/c1-19-13-4-2-3-12(13)16-9-14(18)17-11-7-5-10(15)6-8-11/h5-8,12-13,16H,2-4,9H2,1H3,(H,17,18). The average molecular weight is 343 g/mol. The first-order valence-corrected chi connectivity index (χ1v) is 8.58. The van der Waals surface area contributed by atoms with Crippen LogP contribution in [0.15, 0.2) is 28.7 Å². The molecular formula is C14H19BrN2OS. The molecule has 0 aromatic heterocycles. The van der Waals surface area contributed by atoms with Gasteiger partial charge in [-0.1, -0.05) is 22.4 Å². The summed E-state index contributed by atoms with van der Waals surface area (Å²) in [5, 5.41) is 6.92. The molecule has 2 N–H and O–H groups in total. The molecule has 1 fully saturated rings. The van der Waals surface area contributed by atoms with Gasteiger partial charge in [0.25, 0.3) is 0 Å². The molecule has 1 amide bonds. The molecule has 2 rings (SSSR count). The van der Waals surface area contributed by atoms with Crippen molar-refractivity contribution in [3.05, 3.63) is 28.7 Å². The molecule has 1 aliphatic carbocycles. The Morgan fingerprint density at radius 2 is 2.11 bits per heavy atom. The van der Waals surface area contributed by atoms with Gasteiger partial charge in [-0.25, -0.2) is 0 Å². The van der Waals surface area contributed by atoms with Crippen molar-refractivity contribution < 1.29 is 4.79 Å². The maximum atomic E-state index is 11.9. The first-order chi connectivity index (χ1) is 9.19.